The van der Waals surface area contributed by atoms with Crippen LogP contribution in [0, 0.1) is 5.82 Å². The molecule has 0 radical (unpaired) electrons. The number of anilines is 2. The van der Waals surface area contributed by atoms with E-state index in [0.717, 1.165) is 11.3 Å². The molecule has 0 aliphatic carbocycles. The van der Waals surface area contributed by atoms with Gasteiger partial charge in [0.15, 0.2) is 0 Å². The molecule has 4 rings (SSSR count). The summed E-state index contributed by atoms with van der Waals surface area (Å²) in [6.45, 7) is 0.379. The molecule has 0 aromatic heterocycles. The normalized spacial score (nSPS) is 15.9. The molecule has 1 heterocycles. The molecule has 3 aromatic carbocycles. The molecular formula is C21H16ClFN2O. The maximum Gasteiger partial charge on any atom is 0.262 e. The molecular weight excluding hydrogens is 351 g/mol. The van der Waals surface area contributed by atoms with Crippen molar-refractivity contribution in [3.63, 3.8) is 0 Å². The fourth-order valence-corrected chi connectivity index (χ4v) is 3.49. The van der Waals surface area contributed by atoms with Crippen LogP contribution in [-0.2, 0) is 0 Å². The van der Waals surface area contributed by atoms with Crippen LogP contribution in [0.1, 0.15) is 22.0 Å². The zero-order valence-electron chi connectivity index (χ0n) is 13.8. The molecule has 26 heavy (non-hydrogen) atoms. The van der Waals surface area contributed by atoms with Crippen LogP contribution in [0.25, 0.3) is 0 Å². The van der Waals surface area contributed by atoms with E-state index in [1.807, 2.05) is 54.6 Å². The van der Waals surface area contributed by atoms with Gasteiger partial charge < -0.3 is 10.2 Å². The van der Waals surface area contributed by atoms with Crippen LogP contribution in [0.4, 0.5) is 15.8 Å². The summed E-state index contributed by atoms with van der Waals surface area (Å²) in [5.41, 5.74) is 2.49. The minimum atomic E-state index is -0.616. The van der Waals surface area contributed by atoms with Crippen molar-refractivity contribution in [2.75, 3.05) is 16.8 Å². The first-order valence-corrected chi connectivity index (χ1v) is 8.69. The summed E-state index contributed by atoms with van der Waals surface area (Å²) in [5, 5.41) is 3.57. The van der Waals surface area contributed by atoms with Gasteiger partial charge in [-0.15, -0.1) is 0 Å². The Bertz CT molecular complexity index is 941. The number of nitrogens with one attached hydrogen (secondary N) is 1. The standard InChI is InChI=1S/C21H16ClFN2O/c22-15-9-6-10-16(23)20(15)21(26)25-13-18(14-7-2-1-3-8-14)24-17-11-4-5-12-19(17)25/h1-12,18,24H,13H2. The fraction of sp³-hybridized carbons (Fsp3) is 0.0952. The number of carbonyl (C=O) groups is 1. The Balaban J connectivity index is 1.78. The van der Waals surface area contributed by atoms with Crippen LogP contribution >= 0.6 is 11.6 Å². The highest BCUT2D eigenvalue weighted by Gasteiger charge is 2.31. The van der Waals surface area contributed by atoms with Crippen LogP contribution in [0.2, 0.25) is 5.02 Å². The van der Waals surface area contributed by atoms with E-state index >= 15 is 0 Å². The zero-order valence-corrected chi connectivity index (χ0v) is 14.6. The van der Waals surface area contributed by atoms with E-state index in [-0.39, 0.29) is 16.6 Å². The number of fused-ring (bicyclic) bond motifs is 1. The predicted octanol–water partition coefficient (Wildman–Crippen LogP) is 5.29. The van der Waals surface area contributed by atoms with E-state index in [4.69, 9.17) is 11.6 Å². The van der Waals surface area contributed by atoms with Crippen molar-refractivity contribution in [1.29, 1.82) is 0 Å². The van der Waals surface area contributed by atoms with Crippen LogP contribution in [0.15, 0.2) is 72.8 Å². The van der Waals surface area contributed by atoms with Crippen molar-refractivity contribution < 1.29 is 9.18 Å². The van der Waals surface area contributed by atoms with Gasteiger partial charge in [-0.05, 0) is 29.8 Å². The molecule has 130 valence electrons. The van der Waals surface area contributed by atoms with E-state index in [1.54, 1.807) is 4.90 Å². The van der Waals surface area contributed by atoms with Gasteiger partial charge in [0.1, 0.15) is 5.82 Å². The summed E-state index contributed by atoms with van der Waals surface area (Å²) >= 11 is 6.12. The molecule has 1 unspecified atom stereocenters. The third-order valence-electron chi connectivity index (χ3n) is 4.51. The highest BCUT2D eigenvalue weighted by molar-refractivity contribution is 6.34. The molecule has 1 aliphatic rings. The minimum Gasteiger partial charge on any atom is -0.375 e. The first-order chi connectivity index (χ1) is 12.6. The number of carbonyl (C=O) groups excluding carboxylic acids is 1. The SMILES string of the molecule is O=C(c1c(F)cccc1Cl)N1CC(c2ccccc2)Nc2ccccc21. The molecule has 0 fully saturated rings. The smallest absolute Gasteiger partial charge is 0.262 e. The van der Waals surface area contributed by atoms with Gasteiger partial charge in [0.05, 0.1) is 34.5 Å². The lowest BCUT2D eigenvalue weighted by molar-refractivity contribution is 0.0981. The molecule has 3 aromatic rings. The number of para-hydroxylation sites is 2. The Hall–Kier alpha value is -2.85. The number of hydrogen-bond donors (Lipinski definition) is 1. The quantitative estimate of drug-likeness (QED) is 0.668. The molecule has 0 bridgehead atoms. The number of hydrogen-bond acceptors (Lipinski definition) is 2. The molecule has 1 N–H and O–H groups in total. The molecule has 1 aliphatic heterocycles. The van der Waals surface area contributed by atoms with Gasteiger partial charge in [0, 0.05) is 0 Å². The van der Waals surface area contributed by atoms with Gasteiger partial charge in [-0.2, -0.15) is 0 Å². The first-order valence-electron chi connectivity index (χ1n) is 8.31. The minimum absolute atomic E-state index is 0.0967. The van der Waals surface area contributed by atoms with Crippen LogP contribution in [-0.4, -0.2) is 12.5 Å². The number of rotatable bonds is 2. The summed E-state index contributed by atoms with van der Waals surface area (Å²) in [7, 11) is 0. The monoisotopic (exact) mass is 366 g/mol. The fourth-order valence-electron chi connectivity index (χ4n) is 3.25. The maximum atomic E-state index is 14.3. The lowest BCUT2D eigenvalue weighted by Gasteiger charge is -2.36. The van der Waals surface area contributed by atoms with E-state index in [1.165, 1.54) is 18.2 Å². The van der Waals surface area contributed by atoms with Crippen molar-refractivity contribution in [2.24, 2.45) is 0 Å². The van der Waals surface area contributed by atoms with Gasteiger partial charge in [0.2, 0.25) is 0 Å². The van der Waals surface area contributed by atoms with Crippen molar-refractivity contribution >= 4 is 28.9 Å². The van der Waals surface area contributed by atoms with Gasteiger partial charge in [-0.3, -0.25) is 4.79 Å². The summed E-state index contributed by atoms with van der Waals surface area (Å²) < 4.78 is 14.3. The number of amides is 1. The molecule has 0 saturated carbocycles. The van der Waals surface area contributed by atoms with Crippen LogP contribution in [0.3, 0.4) is 0 Å². The second-order valence-electron chi connectivity index (χ2n) is 6.14. The van der Waals surface area contributed by atoms with Crippen LogP contribution in [0.5, 0.6) is 0 Å². The third-order valence-corrected chi connectivity index (χ3v) is 4.83. The molecule has 1 atom stereocenters. The Labute approximate surface area is 156 Å². The Morgan fingerprint density at radius 3 is 2.50 bits per heavy atom. The average molecular weight is 367 g/mol. The van der Waals surface area contributed by atoms with Crippen LogP contribution < -0.4 is 10.2 Å². The van der Waals surface area contributed by atoms with Crippen molar-refractivity contribution in [1.82, 2.24) is 0 Å². The highest BCUT2D eigenvalue weighted by Crippen LogP contribution is 2.37. The summed E-state index contributed by atoms with van der Waals surface area (Å²) in [6.07, 6.45) is 0. The van der Waals surface area contributed by atoms with Gasteiger partial charge in [0.25, 0.3) is 5.91 Å². The second kappa shape index (κ2) is 6.81. The van der Waals surface area contributed by atoms with Gasteiger partial charge in [-0.1, -0.05) is 60.1 Å². The average Bonchev–Trinajstić information content (AvgIpc) is 2.67. The van der Waals surface area contributed by atoms with E-state index < -0.39 is 11.7 Å². The molecule has 0 saturated heterocycles. The Morgan fingerprint density at radius 2 is 1.73 bits per heavy atom. The first kappa shape index (κ1) is 16.6. The largest absolute Gasteiger partial charge is 0.375 e. The summed E-state index contributed by atoms with van der Waals surface area (Å²) in [4.78, 5) is 14.7. The topological polar surface area (TPSA) is 32.3 Å². The van der Waals surface area contributed by atoms with Gasteiger partial charge >= 0.3 is 0 Å². The number of halogens is 2. The Morgan fingerprint density at radius 1 is 1.00 bits per heavy atom. The zero-order chi connectivity index (χ0) is 18.1. The summed E-state index contributed by atoms with van der Waals surface area (Å²) in [6, 6.07) is 21.6. The lowest BCUT2D eigenvalue weighted by atomic mass is 10.0. The van der Waals surface area contributed by atoms with Crippen molar-refractivity contribution in [3.05, 3.63) is 94.8 Å². The molecule has 0 spiro atoms. The maximum absolute atomic E-state index is 14.3. The predicted molar refractivity (Wildman–Crippen MR) is 102 cm³/mol. The van der Waals surface area contributed by atoms with E-state index in [2.05, 4.69) is 5.32 Å². The van der Waals surface area contributed by atoms with Crippen molar-refractivity contribution in [3.8, 4) is 0 Å². The van der Waals surface area contributed by atoms with Crippen molar-refractivity contribution in [2.45, 2.75) is 6.04 Å². The summed E-state index contributed by atoms with van der Waals surface area (Å²) in [5.74, 6) is -1.06. The third kappa shape index (κ3) is 2.93. The second-order valence-corrected chi connectivity index (χ2v) is 6.54. The highest BCUT2D eigenvalue weighted by atomic mass is 35.5. The number of benzene rings is 3. The molecule has 3 nitrogen and oxygen atoms in total. The Kier molecular flexibility index (Phi) is 4.35. The molecule has 5 heteroatoms. The van der Waals surface area contributed by atoms with E-state index in [9.17, 15) is 9.18 Å². The number of nitrogens with zero attached hydrogens (tertiary/aromatic N) is 1. The molecule has 1 amide bonds. The van der Waals surface area contributed by atoms with Gasteiger partial charge in [-0.25, -0.2) is 4.39 Å². The lowest BCUT2D eigenvalue weighted by Crippen LogP contribution is -2.41. The van der Waals surface area contributed by atoms with E-state index in [0.29, 0.717) is 12.2 Å².